The number of fused-ring (bicyclic) bond motifs is 1. The molecule has 5 rings (SSSR count). The van der Waals surface area contributed by atoms with Gasteiger partial charge in [0.15, 0.2) is 11.5 Å². The zero-order valence-corrected chi connectivity index (χ0v) is 20.3. The van der Waals surface area contributed by atoms with Gasteiger partial charge in [-0.15, -0.1) is 0 Å². The number of carbonyl (C=O) groups is 1. The summed E-state index contributed by atoms with van der Waals surface area (Å²) in [5.74, 6) is -0.00407. The van der Waals surface area contributed by atoms with Crippen LogP contribution in [0.4, 0.5) is 13.2 Å². The van der Waals surface area contributed by atoms with Crippen LogP contribution in [0.5, 0.6) is 17.2 Å². The first kappa shape index (κ1) is 25.0. The average molecular weight is 512 g/mol. The molecule has 1 fully saturated rings. The highest BCUT2D eigenvalue weighted by molar-refractivity contribution is 5.78. The molecule has 1 saturated carbocycles. The Hall–Kier alpha value is -3.68. The third-order valence-corrected chi connectivity index (χ3v) is 7.09. The van der Waals surface area contributed by atoms with Crippen LogP contribution in [0.25, 0.3) is 0 Å². The molecular weight excluding hydrogens is 483 g/mol. The minimum Gasteiger partial charge on any atom is -0.493 e. The van der Waals surface area contributed by atoms with Crippen LogP contribution in [0.15, 0.2) is 54.6 Å². The molecule has 1 aliphatic heterocycles. The highest BCUT2D eigenvalue weighted by Crippen LogP contribution is 2.40. The Morgan fingerprint density at radius 3 is 2.54 bits per heavy atom. The predicted molar refractivity (Wildman–Crippen MR) is 131 cm³/mol. The summed E-state index contributed by atoms with van der Waals surface area (Å²) in [5, 5.41) is 2.50. The summed E-state index contributed by atoms with van der Waals surface area (Å²) < 4.78 is 59.2. The summed E-state index contributed by atoms with van der Waals surface area (Å²) in [5.41, 5.74) is 0.992. The molecule has 0 aromatic heterocycles. The highest BCUT2D eigenvalue weighted by atomic mass is 19.1. The van der Waals surface area contributed by atoms with Crippen molar-refractivity contribution in [3.63, 3.8) is 0 Å². The van der Waals surface area contributed by atoms with Crippen molar-refractivity contribution in [1.82, 2.24) is 5.32 Å². The molecule has 5 nitrogen and oxygen atoms in total. The summed E-state index contributed by atoms with van der Waals surface area (Å²) in [6.07, 6.45) is 3.86. The van der Waals surface area contributed by atoms with Gasteiger partial charge in [-0.1, -0.05) is 31.0 Å². The van der Waals surface area contributed by atoms with E-state index in [1.54, 1.807) is 12.1 Å². The lowest BCUT2D eigenvalue weighted by atomic mass is 9.75. The molecule has 194 valence electrons. The number of amides is 1. The Morgan fingerprint density at radius 2 is 1.70 bits per heavy atom. The summed E-state index contributed by atoms with van der Waals surface area (Å²) in [4.78, 5) is 12.5. The van der Waals surface area contributed by atoms with Crippen LogP contribution in [-0.4, -0.2) is 19.3 Å². The van der Waals surface area contributed by atoms with Gasteiger partial charge in [-0.3, -0.25) is 4.79 Å². The van der Waals surface area contributed by atoms with E-state index in [4.69, 9.17) is 14.2 Å². The first-order chi connectivity index (χ1) is 18.0. The van der Waals surface area contributed by atoms with Crippen molar-refractivity contribution in [2.45, 2.75) is 44.6 Å². The average Bonchev–Trinajstić information content (AvgIpc) is 3.37. The number of rotatable bonds is 8. The van der Waals surface area contributed by atoms with Crippen LogP contribution in [0.2, 0.25) is 0 Å². The molecule has 0 spiro atoms. The summed E-state index contributed by atoms with van der Waals surface area (Å²) in [7, 11) is 0. The van der Waals surface area contributed by atoms with Crippen LogP contribution in [0, 0.1) is 23.4 Å². The van der Waals surface area contributed by atoms with E-state index in [1.165, 1.54) is 12.1 Å². The Kier molecular flexibility index (Phi) is 7.53. The lowest BCUT2D eigenvalue weighted by Gasteiger charge is -2.32. The molecule has 3 aromatic carbocycles. The summed E-state index contributed by atoms with van der Waals surface area (Å²) in [6.45, 7) is 0.403. The first-order valence-electron chi connectivity index (χ1n) is 12.5. The molecule has 0 radical (unpaired) electrons. The molecule has 2 atom stereocenters. The topological polar surface area (TPSA) is 56.8 Å². The predicted octanol–water partition coefficient (Wildman–Crippen LogP) is 6.04. The van der Waals surface area contributed by atoms with Crippen molar-refractivity contribution in [1.29, 1.82) is 0 Å². The molecule has 0 bridgehead atoms. The van der Waals surface area contributed by atoms with Crippen LogP contribution in [-0.2, 0) is 17.8 Å². The summed E-state index contributed by atoms with van der Waals surface area (Å²) in [6, 6.07) is 13.9. The maximum Gasteiger partial charge on any atom is 0.231 e. The quantitative estimate of drug-likeness (QED) is 0.400. The number of hydrogen-bond acceptors (Lipinski definition) is 4. The maximum absolute atomic E-state index is 14.6. The Balaban J connectivity index is 1.24. The van der Waals surface area contributed by atoms with E-state index in [0.29, 0.717) is 23.9 Å². The largest absolute Gasteiger partial charge is 0.493 e. The third kappa shape index (κ3) is 5.84. The molecule has 8 heteroatoms. The number of ether oxygens (including phenoxy) is 3. The van der Waals surface area contributed by atoms with Gasteiger partial charge >= 0.3 is 0 Å². The summed E-state index contributed by atoms with van der Waals surface area (Å²) >= 11 is 0. The molecule has 0 saturated heterocycles. The highest BCUT2D eigenvalue weighted by Gasteiger charge is 2.28. The third-order valence-electron chi connectivity index (χ3n) is 7.09. The number of nitrogens with one attached hydrogen (secondary N) is 1. The first-order valence-corrected chi connectivity index (χ1v) is 12.5. The smallest absolute Gasteiger partial charge is 0.231 e. The standard InChI is InChI=1S/C29H28F3NO4/c30-24-10-8-18(12-20(24)13-29(34)33-15-23-25(31)6-3-7-26(23)32)22-5-2-1-4-19(22)16-35-21-9-11-27-28(14-21)37-17-36-27/h3,6-12,14,19,22H,1-2,4-5,13,15-17H2,(H,33,34)/t19-,22-/m0/s1. The monoisotopic (exact) mass is 511 g/mol. The zero-order valence-electron chi connectivity index (χ0n) is 20.3. The molecule has 0 unspecified atom stereocenters. The van der Waals surface area contributed by atoms with Crippen molar-refractivity contribution in [2.75, 3.05) is 13.4 Å². The Labute approximate surface area is 213 Å². The maximum atomic E-state index is 14.6. The van der Waals surface area contributed by atoms with E-state index in [2.05, 4.69) is 5.32 Å². The van der Waals surface area contributed by atoms with Gasteiger partial charge in [0, 0.05) is 18.2 Å². The van der Waals surface area contributed by atoms with E-state index in [-0.39, 0.29) is 42.7 Å². The molecule has 1 amide bonds. The van der Waals surface area contributed by atoms with Gasteiger partial charge in [-0.2, -0.15) is 0 Å². The van der Waals surface area contributed by atoms with Crippen LogP contribution in [0.1, 0.15) is 48.3 Å². The van der Waals surface area contributed by atoms with E-state index in [9.17, 15) is 18.0 Å². The normalized spacial score (nSPS) is 18.5. The fourth-order valence-corrected chi connectivity index (χ4v) is 5.10. The van der Waals surface area contributed by atoms with Crippen LogP contribution in [0.3, 0.4) is 0 Å². The van der Waals surface area contributed by atoms with Crippen molar-refractivity contribution in [2.24, 2.45) is 5.92 Å². The van der Waals surface area contributed by atoms with Gasteiger partial charge < -0.3 is 19.5 Å². The SMILES string of the molecule is O=C(Cc1cc([C@@H]2CCCC[C@H]2COc2ccc3c(c2)OCO3)ccc1F)NCc1c(F)cccc1F. The lowest BCUT2D eigenvalue weighted by Crippen LogP contribution is -2.26. The second-order valence-corrected chi connectivity index (χ2v) is 9.48. The molecule has 37 heavy (non-hydrogen) atoms. The van der Waals surface area contributed by atoms with Gasteiger partial charge in [0.1, 0.15) is 23.2 Å². The van der Waals surface area contributed by atoms with E-state index in [1.807, 2.05) is 18.2 Å². The van der Waals surface area contributed by atoms with Crippen molar-refractivity contribution < 1.29 is 32.2 Å². The van der Waals surface area contributed by atoms with Gasteiger partial charge in [-0.05, 0) is 66.1 Å². The van der Waals surface area contributed by atoms with E-state index in [0.717, 1.165) is 43.4 Å². The van der Waals surface area contributed by atoms with Gasteiger partial charge in [-0.25, -0.2) is 13.2 Å². The Bertz CT molecular complexity index is 1260. The molecule has 1 N–H and O–H groups in total. The van der Waals surface area contributed by atoms with Crippen molar-refractivity contribution in [3.05, 3.63) is 88.7 Å². The van der Waals surface area contributed by atoms with Crippen LogP contribution >= 0.6 is 0 Å². The Morgan fingerprint density at radius 1 is 0.919 bits per heavy atom. The lowest BCUT2D eigenvalue weighted by molar-refractivity contribution is -0.120. The molecule has 1 heterocycles. The fourth-order valence-electron chi connectivity index (χ4n) is 5.10. The van der Waals surface area contributed by atoms with Gasteiger partial charge in [0.05, 0.1) is 13.0 Å². The van der Waals surface area contributed by atoms with Gasteiger partial charge in [0.25, 0.3) is 0 Å². The fraction of sp³-hybridized carbons (Fsp3) is 0.345. The van der Waals surface area contributed by atoms with Crippen LogP contribution < -0.4 is 19.5 Å². The molecule has 3 aromatic rings. The van der Waals surface area contributed by atoms with Gasteiger partial charge in [0.2, 0.25) is 12.7 Å². The molecule has 1 aliphatic carbocycles. The second kappa shape index (κ2) is 11.2. The molecule has 2 aliphatic rings. The number of halogens is 3. The number of benzene rings is 3. The van der Waals surface area contributed by atoms with Crippen molar-refractivity contribution >= 4 is 5.91 Å². The number of carbonyl (C=O) groups excluding carboxylic acids is 1. The second-order valence-electron chi connectivity index (χ2n) is 9.48. The number of hydrogen-bond donors (Lipinski definition) is 1. The zero-order chi connectivity index (χ0) is 25.8. The molecular formula is C29H28F3NO4. The van der Waals surface area contributed by atoms with Crippen molar-refractivity contribution in [3.8, 4) is 17.2 Å². The van der Waals surface area contributed by atoms with E-state index >= 15 is 0 Å². The van der Waals surface area contributed by atoms with E-state index < -0.39 is 23.4 Å². The minimum absolute atomic E-state index is 0.165. The minimum atomic E-state index is -0.736.